The van der Waals surface area contributed by atoms with Crippen molar-refractivity contribution in [2.45, 2.75) is 39.0 Å². The first-order chi connectivity index (χ1) is 16.5. The van der Waals surface area contributed by atoms with Crippen molar-refractivity contribution < 1.29 is 27.8 Å². The third-order valence-electron chi connectivity index (χ3n) is 6.27. The molecule has 0 spiro atoms. The van der Waals surface area contributed by atoms with Crippen LogP contribution in [0.2, 0.25) is 0 Å². The molecule has 1 saturated carbocycles. The SMILES string of the molecule is COc1cc2c(cc1Nc1ncc3cnn(C[C@@H]4C[C@@H]4C)c3n1)CN(C)CC2.O=C(O)C(F)(F)F. The van der Waals surface area contributed by atoms with Crippen molar-refractivity contribution in [3.63, 3.8) is 0 Å². The van der Waals surface area contributed by atoms with Gasteiger partial charge in [-0.15, -0.1) is 0 Å². The van der Waals surface area contributed by atoms with Crippen LogP contribution in [0.15, 0.2) is 24.5 Å². The van der Waals surface area contributed by atoms with Crippen molar-refractivity contribution >= 4 is 28.6 Å². The molecule has 1 aromatic carbocycles. The van der Waals surface area contributed by atoms with E-state index in [1.54, 1.807) is 7.11 Å². The Morgan fingerprint density at radius 1 is 1.29 bits per heavy atom. The number of rotatable bonds is 5. The molecule has 1 aliphatic carbocycles. The van der Waals surface area contributed by atoms with Gasteiger partial charge in [-0.3, -0.25) is 0 Å². The molecule has 12 heteroatoms. The van der Waals surface area contributed by atoms with E-state index in [-0.39, 0.29) is 0 Å². The number of halogens is 3. The van der Waals surface area contributed by atoms with Gasteiger partial charge < -0.3 is 20.1 Å². The lowest BCUT2D eigenvalue weighted by Crippen LogP contribution is -2.26. The van der Waals surface area contributed by atoms with Gasteiger partial charge in [0.25, 0.3) is 0 Å². The Kier molecular flexibility index (Phi) is 6.84. The van der Waals surface area contributed by atoms with Gasteiger partial charge in [0.1, 0.15) is 5.75 Å². The minimum atomic E-state index is -5.08. The first kappa shape index (κ1) is 24.7. The Labute approximate surface area is 199 Å². The van der Waals surface area contributed by atoms with Crippen molar-refractivity contribution in [3.05, 3.63) is 35.7 Å². The average molecular weight is 493 g/mol. The predicted octanol–water partition coefficient (Wildman–Crippen LogP) is 3.86. The fourth-order valence-electron chi connectivity index (χ4n) is 4.05. The van der Waals surface area contributed by atoms with Crippen LogP contribution in [0.5, 0.6) is 5.75 Å². The highest BCUT2D eigenvalue weighted by Crippen LogP contribution is 2.39. The lowest BCUT2D eigenvalue weighted by Gasteiger charge is -2.26. The first-order valence-corrected chi connectivity index (χ1v) is 11.2. The summed E-state index contributed by atoms with van der Waals surface area (Å²) in [7, 11) is 3.86. The van der Waals surface area contributed by atoms with E-state index in [2.05, 4.69) is 46.4 Å². The Morgan fingerprint density at radius 3 is 2.63 bits per heavy atom. The highest BCUT2D eigenvalue weighted by atomic mass is 19.4. The monoisotopic (exact) mass is 492 g/mol. The summed E-state index contributed by atoms with van der Waals surface area (Å²) in [6, 6.07) is 4.31. The average Bonchev–Trinajstić information content (AvgIpc) is 3.35. The molecule has 2 aromatic heterocycles. The molecule has 0 amide bonds. The lowest BCUT2D eigenvalue weighted by atomic mass is 9.99. The quantitative estimate of drug-likeness (QED) is 0.553. The van der Waals surface area contributed by atoms with Crippen LogP contribution in [0.4, 0.5) is 24.8 Å². The van der Waals surface area contributed by atoms with Gasteiger partial charge >= 0.3 is 12.1 Å². The molecule has 5 rings (SSSR count). The summed E-state index contributed by atoms with van der Waals surface area (Å²) in [5.41, 5.74) is 4.46. The molecule has 188 valence electrons. The zero-order valence-electron chi connectivity index (χ0n) is 19.6. The molecule has 0 unspecified atom stereocenters. The fraction of sp³-hybridized carbons (Fsp3) is 0.478. The van der Waals surface area contributed by atoms with Crippen LogP contribution in [0.1, 0.15) is 24.5 Å². The molecule has 1 aliphatic heterocycles. The van der Waals surface area contributed by atoms with E-state index in [4.69, 9.17) is 19.6 Å². The maximum absolute atomic E-state index is 10.6. The zero-order chi connectivity index (χ0) is 25.3. The third-order valence-corrected chi connectivity index (χ3v) is 6.27. The number of nitrogens with zero attached hydrogens (tertiary/aromatic N) is 5. The van der Waals surface area contributed by atoms with Gasteiger partial charge in [0.05, 0.1) is 24.4 Å². The van der Waals surface area contributed by atoms with Crippen LogP contribution < -0.4 is 10.1 Å². The predicted molar refractivity (Wildman–Crippen MR) is 123 cm³/mol. The number of ether oxygens (including phenoxy) is 1. The highest BCUT2D eigenvalue weighted by Gasteiger charge is 2.38. The minimum absolute atomic E-state index is 0.570. The molecule has 0 bridgehead atoms. The summed E-state index contributed by atoms with van der Waals surface area (Å²) in [6.45, 7) is 5.24. The number of methoxy groups -OCH3 is 1. The highest BCUT2D eigenvalue weighted by molar-refractivity contribution is 5.76. The topological polar surface area (TPSA) is 105 Å². The number of hydrogen-bond donors (Lipinski definition) is 2. The number of carboxylic acid groups (broad SMARTS) is 1. The largest absolute Gasteiger partial charge is 0.495 e. The number of carbonyl (C=O) groups is 1. The van der Waals surface area contributed by atoms with Crippen molar-refractivity contribution in [1.29, 1.82) is 0 Å². The van der Waals surface area contributed by atoms with E-state index >= 15 is 0 Å². The Hall–Kier alpha value is -3.41. The molecule has 1 fully saturated rings. The smallest absolute Gasteiger partial charge is 0.490 e. The van der Waals surface area contributed by atoms with Crippen molar-refractivity contribution in [2.24, 2.45) is 11.8 Å². The molecule has 9 nitrogen and oxygen atoms in total. The number of benzene rings is 1. The number of aromatic nitrogens is 4. The van der Waals surface area contributed by atoms with E-state index < -0.39 is 12.1 Å². The summed E-state index contributed by atoms with van der Waals surface area (Å²) in [4.78, 5) is 20.5. The van der Waals surface area contributed by atoms with Crippen LogP contribution in [0.25, 0.3) is 11.0 Å². The second-order valence-electron chi connectivity index (χ2n) is 9.01. The standard InChI is InChI=1S/C21H26N6O.C2HF3O2/c1-13-6-15(13)12-27-20-17(10-23-27)9-22-21(25-20)24-18-7-16-11-26(2)5-4-14(16)8-19(18)28-3;3-2(4,5)1(6)7/h7-10,13,15H,4-6,11-12H2,1-3H3,(H,22,24,25);(H,6,7)/t13-,15-;/m0./s1. The molecule has 0 radical (unpaired) electrons. The van der Waals surface area contributed by atoms with Crippen molar-refractivity contribution in [1.82, 2.24) is 24.6 Å². The molecule has 2 N–H and O–H groups in total. The lowest BCUT2D eigenvalue weighted by molar-refractivity contribution is -0.192. The Balaban J connectivity index is 0.000000364. The molecule has 2 aliphatic rings. The van der Waals surface area contributed by atoms with E-state index in [0.717, 1.165) is 54.4 Å². The van der Waals surface area contributed by atoms with E-state index in [1.807, 2.05) is 17.1 Å². The molecular weight excluding hydrogens is 465 g/mol. The Morgan fingerprint density at radius 2 is 2.00 bits per heavy atom. The fourth-order valence-corrected chi connectivity index (χ4v) is 4.05. The summed E-state index contributed by atoms with van der Waals surface area (Å²) < 4.78 is 39.4. The summed E-state index contributed by atoms with van der Waals surface area (Å²) in [6.07, 6.45) is 0.923. The summed E-state index contributed by atoms with van der Waals surface area (Å²) in [5, 5.41) is 16.0. The molecule has 2 atom stereocenters. The normalized spacial score (nSPS) is 19.5. The Bertz CT molecular complexity index is 1230. The molecule has 3 aromatic rings. The minimum Gasteiger partial charge on any atom is -0.495 e. The number of aliphatic carboxylic acids is 1. The molecule has 35 heavy (non-hydrogen) atoms. The number of anilines is 2. The van der Waals surface area contributed by atoms with E-state index in [1.165, 1.54) is 17.5 Å². The van der Waals surface area contributed by atoms with Crippen LogP contribution >= 0.6 is 0 Å². The van der Waals surface area contributed by atoms with Gasteiger partial charge in [-0.25, -0.2) is 14.5 Å². The van der Waals surface area contributed by atoms with Gasteiger partial charge in [-0.05, 0) is 55.0 Å². The zero-order valence-corrected chi connectivity index (χ0v) is 19.6. The number of hydrogen-bond acceptors (Lipinski definition) is 7. The van der Waals surface area contributed by atoms with Crippen LogP contribution in [0, 0.1) is 11.8 Å². The maximum Gasteiger partial charge on any atom is 0.490 e. The van der Waals surface area contributed by atoms with Crippen molar-refractivity contribution in [2.75, 3.05) is 26.0 Å². The number of carboxylic acids is 1. The first-order valence-electron chi connectivity index (χ1n) is 11.2. The maximum atomic E-state index is 10.6. The number of alkyl halides is 3. The number of likely N-dealkylation sites (N-methyl/N-ethyl adjacent to an activating group) is 1. The summed E-state index contributed by atoms with van der Waals surface area (Å²) in [5.74, 6) is 0.143. The van der Waals surface area contributed by atoms with Gasteiger partial charge in [0, 0.05) is 25.8 Å². The second-order valence-corrected chi connectivity index (χ2v) is 9.01. The van der Waals surface area contributed by atoms with Crippen LogP contribution in [-0.2, 0) is 24.3 Å². The third kappa shape index (κ3) is 5.81. The van der Waals surface area contributed by atoms with Gasteiger partial charge in [-0.2, -0.15) is 23.3 Å². The van der Waals surface area contributed by atoms with Gasteiger partial charge in [-0.1, -0.05) is 6.92 Å². The summed E-state index contributed by atoms with van der Waals surface area (Å²) >= 11 is 0. The number of nitrogens with one attached hydrogen (secondary N) is 1. The van der Waals surface area contributed by atoms with Gasteiger partial charge in [0.15, 0.2) is 5.65 Å². The van der Waals surface area contributed by atoms with Crippen LogP contribution in [-0.4, -0.2) is 62.6 Å². The molecule has 0 saturated heterocycles. The number of fused-ring (bicyclic) bond motifs is 2. The molecule has 3 heterocycles. The van der Waals surface area contributed by atoms with Crippen LogP contribution in [0.3, 0.4) is 0 Å². The van der Waals surface area contributed by atoms with Crippen molar-refractivity contribution in [3.8, 4) is 5.75 Å². The second kappa shape index (κ2) is 9.68. The van der Waals surface area contributed by atoms with E-state index in [9.17, 15) is 13.2 Å². The van der Waals surface area contributed by atoms with Gasteiger partial charge in [0.2, 0.25) is 5.95 Å². The van der Waals surface area contributed by atoms with E-state index in [0.29, 0.717) is 11.9 Å². The molecular formula is C23H27F3N6O3.